The zero-order chi connectivity index (χ0) is 18.8. The highest BCUT2D eigenvalue weighted by atomic mass is 16.3. The minimum Gasteiger partial charge on any atom is -0.403 e. The van der Waals surface area contributed by atoms with Crippen LogP contribution in [0.1, 0.15) is 5.56 Å². The first-order valence-electron chi connectivity index (χ1n) is 8.88. The number of aromatic nitrogens is 1. The molecule has 0 saturated carbocycles. The van der Waals surface area contributed by atoms with E-state index in [1.54, 1.807) is 5.01 Å². The van der Waals surface area contributed by atoms with Gasteiger partial charge in [-0.25, -0.2) is 5.84 Å². The predicted octanol–water partition coefficient (Wildman–Crippen LogP) is 3.42. The summed E-state index contributed by atoms with van der Waals surface area (Å²) in [5.41, 5.74) is 10.6. The Balaban J connectivity index is 1.85. The van der Waals surface area contributed by atoms with Crippen LogP contribution in [-0.2, 0) is 6.54 Å². The van der Waals surface area contributed by atoms with E-state index in [2.05, 4.69) is 22.8 Å². The van der Waals surface area contributed by atoms with Crippen LogP contribution in [0, 0.1) is 0 Å². The van der Waals surface area contributed by atoms with Gasteiger partial charge in [-0.2, -0.15) is 0 Å². The molecule has 4 aromatic rings. The molecule has 4 rings (SSSR count). The maximum atomic E-state index is 9.46. The highest BCUT2D eigenvalue weighted by Crippen LogP contribution is 2.33. The summed E-state index contributed by atoms with van der Waals surface area (Å²) in [4.78, 5) is 0. The van der Waals surface area contributed by atoms with Crippen molar-refractivity contribution in [1.29, 1.82) is 0 Å². The van der Waals surface area contributed by atoms with Gasteiger partial charge in [0.25, 0.3) is 0 Å². The molecule has 0 spiro atoms. The molecule has 0 fully saturated rings. The Hall–Kier alpha value is -3.28. The Kier molecular flexibility index (Phi) is 4.54. The summed E-state index contributed by atoms with van der Waals surface area (Å²) in [5, 5.41) is 13.3. The average Bonchev–Trinajstić information content (AvgIpc) is 3.03. The summed E-state index contributed by atoms with van der Waals surface area (Å²) in [5.74, 6) is 6.42. The minimum absolute atomic E-state index is 0.0899. The van der Waals surface area contributed by atoms with E-state index >= 15 is 0 Å². The zero-order valence-electron chi connectivity index (χ0n) is 14.9. The van der Waals surface area contributed by atoms with E-state index in [-0.39, 0.29) is 6.61 Å². The third-order valence-corrected chi connectivity index (χ3v) is 4.84. The number of hydrogen-bond acceptors (Lipinski definition) is 4. The molecule has 5 N–H and O–H groups in total. The first kappa shape index (κ1) is 17.1. The number of nitrogens with two attached hydrogens (primary N) is 2. The molecule has 0 aliphatic rings. The topological polar surface area (TPSA) is 80.4 Å². The van der Waals surface area contributed by atoms with Crippen molar-refractivity contribution in [2.75, 3.05) is 11.6 Å². The fourth-order valence-electron chi connectivity index (χ4n) is 3.60. The van der Waals surface area contributed by atoms with E-state index in [9.17, 15) is 5.11 Å². The number of anilines is 1. The van der Waals surface area contributed by atoms with Crippen molar-refractivity contribution in [3.63, 3.8) is 0 Å². The Bertz CT molecular complexity index is 1120. The van der Waals surface area contributed by atoms with Gasteiger partial charge in [0.2, 0.25) is 0 Å². The van der Waals surface area contributed by atoms with E-state index in [1.807, 2.05) is 54.6 Å². The Morgan fingerprint density at radius 1 is 0.926 bits per heavy atom. The fraction of sp³-hybridized carbons (Fsp3) is 0.0909. The highest BCUT2D eigenvalue weighted by Gasteiger charge is 2.14. The van der Waals surface area contributed by atoms with Crippen LogP contribution in [0.15, 0.2) is 79.0 Å². The van der Waals surface area contributed by atoms with Gasteiger partial charge in [-0.15, -0.1) is 0 Å². The summed E-state index contributed by atoms with van der Waals surface area (Å²) in [6.45, 7) is 0.639. The number of benzene rings is 3. The second-order valence-electron chi connectivity index (χ2n) is 6.38. The number of fused-ring (bicyclic) bond motifs is 3. The maximum Gasteiger partial charge on any atom is 0.0801 e. The second-order valence-corrected chi connectivity index (χ2v) is 6.38. The molecule has 1 heterocycles. The third-order valence-electron chi connectivity index (χ3n) is 4.84. The number of nitrogens with zero attached hydrogens (tertiary/aromatic N) is 2. The van der Waals surface area contributed by atoms with Crippen LogP contribution >= 0.6 is 0 Å². The molecule has 0 bridgehead atoms. The van der Waals surface area contributed by atoms with Gasteiger partial charge in [-0.1, -0.05) is 48.5 Å². The smallest absolute Gasteiger partial charge is 0.0801 e. The van der Waals surface area contributed by atoms with Crippen LogP contribution in [-0.4, -0.2) is 16.3 Å². The molecule has 0 aliphatic carbocycles. The van der Waals surface area contributed by atoms with E-state index in [0.29, 0.717) is 6.54 Å². The Labute approximate surface area is 157 Å². The van der Waals surface area contributed by atoms with E-state index in [1.165, 1.54) is 6.20 Å². The molecule has 0 atom stereocenters. The van der Waals surface area contributed by atoms with Crippen LogP contribution in [0.2, 0.25) is 0 Å². The summed E-state index contributed by atoms with van der Waals surface area (Å²) in [7, 11) is 0. The van der Waals surface area contributed by atoms with Gasteiger partial charge in [0, 0.05) is 40.1 Å². The lowest BCUT2D eigenvalue weighted by molar-refractivity contribution is 0.280. The van der Waals surface area contributed by atoms with Crippen LogP contribution in [0.4, 0.5) is 5.69 Å². The first-order chi connectivity index (χ1) is 13.2. The standard InChI is InChI=1S/C22H22N4O/c23-15-22(16-6-2-1-3-7-16)26(24)17-10-11-21-19(14-17)18-8-4-5-9-20(18)25(21)12-13-27/h1-11,14-15,27H,12-13,23-24H2/b22-15-. The molecule has 0 saturated heterocycles. The van der Waals surface area contributed by atoms with E-state index < -0.39 is 0 Å². The molecule has 0 unspecified atom stereocenters. The molecule has 5 nitrogen and oxygen atoms in total. The molecular weight excluding hydrogens is 336 g/mol. The monoisotopic (exact) mass is 358 g/mol. The van der Waals surface area contributed by atoms with E-state index in [4.69, 9.17) is 11.6 Å². The van der Waals surface area contributed by atoms with Gasteiger partial charge in [-0.05, 0) is 24.3 Å². The molecule has 0 amide bonds. The Morgan fingerprint density at radius 3 is 2.37 bits per heavy atom. The van der Waals surface area contributed by atoms with Crippen LogP contribution < -0.4 is 16.6 Å². The molecule has 5 heteroatoms. The molecule has 1 aromatic heterocycles. The SMILES string of the molecule is N/C=C(/c1ccccc1)N(N)c1ccc2c(c1)c1ccccc1n2CCO. The van der Waals surface area contributed by atoms with Crippen LogP contribution in [0.25, 0.3) is 27.5 Å². The molecule has 136 valence electrons. The number of para-hydroxylation sites is 1. The predicted molar refractivity (Wildman–Crippen MR) is 112 cm³/mol. The van der Waals surface area contributed by atoms with Crippen molar-refractivity contribution < 1.29 is 5.11 Å². The number of hydrazine groups is 1. The van der Waals surface area contributed by atoms with Crippen LogP contribution in [0.3, 0.4) is 0 Å². The van der Waals surface area contributed by atoms with Gasteiger partial charge in [-0.3, -0.25) is 5.01 Å². The van der Waals surface area contributed by atoms with Crippen molar-refractivity contribution in [2.24, 2.45) is 11.6 Å². The summed E-state index contributed by atoms with van der Waals surface area (Å²) < 4.78 is 2.13. The van der Waals surface area contributed by atoms with Gasteiger partial charge in [0.1, 0.15) is 0 Å². The van der Waals surface area contributed by atoms with Crippen molar-refractivity contribution in [3.05, 3.63) is 84.6 Å². The van der Waals surface area contributed by atoms with Crippen molar-refractivity contribution >= 4 is 33.2 Å². The molecule has 0 radical (unpaired) electrons. The minimum atomic E-state index is 0.0899. The normalized spacial score (nSPS) is 12.0. The van der Waals surface area contributed by atoms with Gasteiger partial charge < -0.3 is 15.4 Å². The fourth-order valence-corrected chi connectivity index (χ4v) is 3.60. The summed E-state index contributed by atoms with van der Waals surface area (Å²) in [6, 6.07) is 24.1. The largest absolute Gasteiger partial charge is 0.403 e. The zero-order valence-corrected chi connectivity index (χ0v) is 14.9. The lowest BCUT2D eigenvalue weighted by atomic mass is 10.1. The number of hydrogen-bond donors (Lipinski definition) is 3. The second kappa shape index (κ2) is 7.15. The summed E-state index contributed by atoms with van der Waals surface area (Å²) in [6.07, 6.45) is 1.52. The van der Waals surface area contributed by atoms with Crippen molar-refractivity contribution in [3.8, 4) is 0 Å². The molecule has 0 aliphatic heterocycles. The molecule has 27 heavy (non-hydrogen) atoms. The van der Waals surface area contributed by atoms with Gasteiger partial charge in [0.15, 0.2) is 0 Å². The van der Waals surface area contributed by atoms with E-state index in [0.717, 1.165) is 38.8 Å². The van der Waals surface area contributed by atoms with Crippen molar-refractivity contribution in [1.82, 2.24) is 4.57 Å². The highest BCUT2D eigenvalue weighted by molar-refractivity contribution is 6.09. The van der Waals surface area contributed by atoms with Gasteiger partial charge in [0.05, 0.1) is 18.0 Å². The molecule has 3 aromatic carbocycles. The number of aliphatic hydroxyl groups is 1. The first-order valence-corrected chi connectivity index (χ1v) is 8.88. The van der Waals surface area contributed by atoms with Crippen molar-refractivity contribution in [2.45, 2.75) is 6.54 Å². The lowest BCUT2D eigenvalue weighted by Crippen LogP contribution is -2.29. The van der Waals surface area contributed by atoms with Gasteiger partial charge >= 0.3 is 0 Å². The third kappa shape index (κ3) is 2.93. The number of aliphatic hydroxyl groups excluding tert-OH is 1. The lowest BCUT2D eigenvalue weighted by Gasteiger charge is -2.22. The quantitative estimate of drug-likeness (QED) is 0.377. The molecular formula is C22H22N4O. The Morgan fingerprint density at radius 2 is 1.63 bits per heavy atom. The average molecular weight is 358 g/mol. The summed E-state index contributed by atoms with van der Waals surface area (Å²) >= 11 is 0. The number of rotatable bonds is 5. The maximum absolute atomic E-state index is 9.46. The van der Waals surface area contributed by atoms with Crippen LogP contribution in [0.5, 0.6) is 0 Å².